The van der Waals surface area contributed by atoms with Gasteiger partial charge in [-0.05, 0) is 24.0 Å². The van der Waals surface area contributed by atoms with Crippen LogP contribution in [-0.2, 0) is 60.7 Å². The molecule has 0 unspecified atom stereocenters. The number of benzene rings is 2. The standard InChI is InChI=1S/C39H56N8O14/c40-30(12-11-28-7-3-1-4-8-28)38(58)43-44-39(59)31(21-29-9-5-2-6-10-29)42-33(49)27-61-20-19-60-18-13-41-32(48)22-45(14-16-46(23-34(50)51)24-35(52)53)15-17-47(25-36(54)55)26-37(56)57/h1-10,30-31H,11-27,40H2,(H,41,48)(H,42,49)(H,43,58)(H,44,59)(H,50,51)(H,52,53)(H,54,55)(H,56,57)/t30-,31-/m1/s1. The fourth-order valence-corrected chi connectivity index (χ4v) is 5.63. The van der Waals surface area contributed by atoms with Crippen molar-refractivity contribution in [1.29, 1.82) is 0 Å². The van der Waals surface area contributed by atoms with Crippen molar-refractivity contribution in [3.63, 3.8) is 0 Å². The van der Waals surface area contributed by atoms with Crippen LogP contribution >= 0.6 is 0 Å². The molecule has 0 aliphatic rings. The summed E-state index contributed by atoms with van der Waals surface area (Å²) < 4.78 is 10.8. The zero-order valence-electron chi connectivity index (χ0n) is 33.7. The molecule has 2 aromatic rings. The summed E-state index contributed by atoms with van der Waals surface area (Å²) in [5, 5.41) is 41.8. The summed E-state index contributed by atoms with van der Waals surface area (Å²) in [4.78, 5) is 99.8. The molecule has 0 aromatic heterocycles. The highest BCUT2D eigenvalue weighted by molar-refractivity contribution is 5.90. The van der Waals surface area contributed by atoms with Crippen molar-refractivity contribution in [2.45, 2.75) is 31.3 Å². The molecule has 336 valence electrons. The van der Waals surface area contributed by atoms with E-state index in [0.717, 1.165) is 20.9 Å². The molecule has 0 radical (unpaired) electrons. The predicted molar refractivity (Wildman–Crippen MR) is 216 cm³/mol. The number of aryl methyl sites for hydroxylation is 1. The van der Waals surface area contributed by atoms with Gasteiger partial charge in [-0.25, -0.2) is 0 Å². The number of hydrazine groups is 1. The fourth-order valence-electron chi connectivity index (χ4n) is 5.63. The van der Waals surface area contributed by atoms with Crippen molar-refractivity contribution in [2.75, 3.05) is 91.9 Å². The van der Waals surface area contributed by atoms with Crippen LogP contribution in [-0.4, -0.2) is 187 Å². The van der Waals surface area contributed by atoms with Crippen LogP contribution in [0.2, 0.25) is 0 Å². The Morgan fingerprint density at radius 1 is 0.574 bits per heavy atom. The quantitative estimate of drug-likeness (QED) is 0.0265. The average molecular weight is 861 g/mol. The van der Waals surface area contributed by atoms with Crippen LogP contribution in [0.3, 0.4) is 0 Å². The summed E-state index contributed by atoms with van der Waals surface area (Å²) in [5.41, 5.74) is 12.4. The first-order valence-corrected chi connectivity index (χ1v) is 19.3. The largest absolute Gasteiger partial charge is 0.480 e. The van der Waals surface area contributed by atoms with Crippen molar-refractivity contribution in [3.8, 4) is 0 Å². The maximum Gasteiger partial charge on any atom is 0.317 e. The molecule has 0 bridgehead atoms. The minimum atomic E-state index is -1.26. The Morgan fingerprint density at radius 2 is 1.05 bits per heavy atom. The van der Waals surface area contributed by atoms with E-state index in [1.165, 1.54) is 4.90 Å². The summed E-state index contributed by atoms with van der Waals surface area (Å²) in [6, 6.07) is 16.4. The SMILES string of the molecule is N[C@H](CCc1ccccc1)C(=O)NNC(=O)[C@@H](Cc1ccccc1)NC(=O)COCCOCCNC(=O)CN(CCN(CC(=O)O)CC(=O)O)CCN(CC(=O)O)CC(=O)O. The zero-order chi connectivity index (χ0) is 45.0. The first-order valence-electron chi connectivity index (χ1n) is 19.3. The van der Waals surface area contributed by atoms with Gasteiger partial charge in [-0.1, -0.05) is 60.7 Å². The van der Waals surface area contributed by atoms with E-state index in [2.05, 4.69) is 21.5 Å². The van der Waals surface area contributed by atoms with Gasteiger partial charge in [0.1, 0.15) is 12.6 Å². The van der Waals surface area contributed by atoms with Gasteiger partial charge in [-0.15, -0.1) is 0 Å². The molecule has 0 fully saturated rings. The smallest absolute Gasteiger partial charge is 0.317 e. The van der Waals surface area contributed by atoms with Gasteiger partial charge in [0.15, 0.2) is 0 Å². The van der Waals surface area contributed by atoms with Gasteiger partial charge in [0.25, 0.3) is 11.8 Å². The predicted octanol–water partition coefficient (Wildman–Crippen LogP) is -2.78. The number of hydrogen-bond donors (Lipinski definition) is 9. The maximum absolute atomic E-state index is 13.1. The zero-order valence-corrected chi connectivity index (χ0v) is 33.7. The van der Waals surface area contributed by atoms with E-state index >= 15 is 0 Å². The molecule has 22 heteroatoms. The van der Waals surface area contributed by atoms with Gasteiger partial charge in [0.05, 0.1) is 58.6 Å². The molecule has 10 N–H and O–H groups in total. The van der Waals surface area contributed by atoms with Crippen LogP contribution in [0.25, 0.3) is 0 Å². The lowest BCUT2D eigenvalue weighted by atomic mass is 10.1. The van der Waals surface area contributed by atoms with Crippen molar-refractivity contribution in [3.05, 3.63) is 71.8 Å². The Bertz CT molecular complexity index is 1630. The van der Waals surface area contributed by atoms with Crippen molar-refractivity contribution >= 4 is 47.5 Å². The first-order chi connectivity index (χ1) is 29.1. The normalized spacial score (nSPS) is 12.1. The van der Waals surface area contributed by atoms with E-state index in [9.17, 15) is 38.4 Å². The molecule has 0 saturated heterocycles. The van der Waals surface area contributed by atoms with Crippen LogP contribution in [0.4, 0.5) is 0 Å². The molecular weight excluding hydrogens is 804 g/mol. The van der Waals surface area contributed by atoms with Gasteiger partial charge >= 0.3 is 23.9 Å². The summed E-state index contributed by atoms with van der Waals surface area (Å²) in [6.45, 7) is -3.06. The van der Waals surface area contributed by atoms with E-state index in [1.54, 1.807) is 30.3 Å². The van der Waals surface area contributed by atoms with Gasteiger partial charge < -0.3 is 46.3 Å². The number of nitrogens with one attached hydrogen (secondary N) is 4. The molecule has 2 aromatic carbocycles. The second-order valence-electron chi connectivity index (χ2n) is 13.7. The number of carbonyl (C=O) groups excluding carboxylic acids is 4. The van der Waals surface area contributed by atoms with Crippen LogP contribution in [0, 0.1) is 0 Å². The molecule has 0 aliphatic heterocycles. The summed E-state index contributed by atoms with van der Waals surface area (Å²) in [7, 11) is 0. The molecule has 0 saturated carbocycles. The highest BCUT2D eigenvalue weighted by Gasteiger charge is 2.24. The van der Waals surface area contributed by atoms with E-state index in [0.29, 0.717) is 12.8 Å². The van der Waals surface area contributed by atoms with Crippen LogP contribution in [0.1, 0.15) is 17.5 Å². The Kier molecular flexibility index (Phi) is 24.5. The summed E-state index contributed by atoms with van der Waals surface area (Å²) in [5.74, 6) is -7.43. The van der Waals surface area contributed by atoms with E-state index in [-0.39, 0.29) is 65.5 Å². The number of carbonyl (C=O) groups is 8. The number of hydrogen-bond acceptors (Lipinski definition) is 14. The molecule has 2 atom stereocenters. The second-order valence-corrected chi connectivity index (χ2v) is 13.7. The van der Waals surface area contributed by atoms with E-state index in [1.807, 2.05) is 30.3 Å². The number of rotatable bonds is 32. The van der Waals surface area contributed by atoms with Crippen LogP contribution < -0.4 is 27.2 Å². The molecule has 61 heavy (non-hydrogen) atoms. The number of amides is 4. The lowest BCUT2D eigenvalue weighted by molar-refractivity contribution is -0.143. The number of nitrogens with two attached hydrogens (primary N) is 1. The molecule has 2 rings (SSSR count). The highest BCUT2D eigenvalue weighted by atomic mass is 16.5. The first kappa shape index (κ1) is 51.1. The van der Waals surface area contributed by atoms with Crippen molar-refractivity contribution in [2.24, 2.45) is 5.73 Å². The molecular formula is C39H56N8O14. The summed E-state index contributed by atoms with van der Waals surface area (Å²) in [6.07, 6.45) is 1.02. The van der Waals surface area contributed by atoms with Gasteiger partial charge in [-0.2, -0.15) is 0 Å². The minimum Gasteiger partial charge on any atom is -0.480 e. The maximum atomic E-state index is 13.1. The number of carboxylic acids is 4. The lowest BCUT2D eigenvalue weighted by Crippen LogP contribution is -2.56. The van der Waals surface area contributed by atoms with Gasteiger partial charge in [-0.3, -0.25) is 63.9 Å². The Balaban J connectivity index is 1.80. The average Bonchev–Trinajstić information content (AvgIpc) is 3.20. The molecule has 0 spiro atoms. The van der Waals surface area contributed by atoms with Crippen molar-refractivity contribution < 1.29 is 68.3 Å². The Morgan fingerprint density at radius 3 is 1.57 bits per heavy atom. The minimum absolute atomic E-state index is 0.00188. The Hall–Kier alpha value is -6.04. The number of ether oxygens (including phenoxy) is 2. The molecule has 0 aliphatic carbocycles. The Labute approximate surface area is 352 Å². The van der Waals surface area contributed by atoms with Crippen LogP contribution in [0.5, 0.6) is 0 Å². The summed E-state index contributed by atoms with van der Waals surface area (Å²) >= 11 is 0. The van der Waals surface area contributed by atoms with E-state index < -0.39 is 92.4 Å². The number of carboxylic acid groups (broad SMARTS) is 4. The third kappa shape index (κ3) is 24.6. The van der Waals surface area contributed by atoms with Gasteiger partial charge in [0, 0.05) is 39.1 Å². The number of aliphatic carboxylic acids is 4. The molecule has 0 heterocycles. The number of nitrogens with zero attached hydrogens (tertiary/aromatic N) is 3. The van der Waals surface area contributed by atoms with Gasteiger partial charge in [0.2, 0.25) is 11.8 Å². The fraction of sp³-hybridized carbons (Fsp3) is 0.487. The third-order valence-electron chi connectivity index (χ3n) is 8.61. The monoisotopic (exact) mass is 860 g/mol. The van der Waals surface area contributed by atoms with E-state index in [4.69, 9.17) is 35.6 Å². The van der Waals surface area contributed by atoms with Crippen LogP contribution in [0.15, 0.2) is 60.7 Å². The molecule has 4 amide bonds. The topological polar surface area (TPSA) is 320 Å². The van der Waals surface area contributed by atoms with Crippen molar-refractivity contribution in [1.82, 2.24) is 36.2 Å². The lowest BCUT2D eigenvalue weighted by Gasteiger charge is -2.28. The third-order valence-corrected chi connectivity index (χ3v) is 8.61. The highest BCUT2D eigenvalue weighted by Crippen LogP contribution is 2.06. The molecule has 22 nitrogen and oxygen atoms in total. The second kappa shape index (κ2) is 29.2.